The molecule has 0 saturated heterocycles. The summed E-state index contributed by atoms with van der Waals surface area (Å²) in [5, 5.41) is 13.0. The maximum atomic E-state index is 2.34. The van der Waals surface area contributed by atoms with Crippen LogP contribution < -0.4 is 0 Å². The summed E-state index contributed by atoms with van der Waals surface area (Å²) in [5.74, 6) is 0. The van der Waals surface area contributed by atoms with Gasteiger partial charge in [0.1, 0.15) is 0 Å². The molecule has 1 heteroatoms. The van der Waals surface area contributed by atoms with E-state index in [1.54, 1.807) is 0 Å². The molecule has 0 fully saturated rings. The standard InChI is InChI=1S/C46H28S/c1-2-13-29(14-3-1)31-26-27-39(34-18-7-6-17-33(31)34)43-35-19-8-10-21-37(35)44(38-22-11-9-20-36(38)43)40-23-12-24-41-45-32-16-5-4-15-30(32)25-28-42(45)47-46(40)41/h1-28H. The van der Waals surface area contributed by atoms with Crippen molar-refractivity contribution in [2.45, 2.75) is 0 Å². The summed E-state index contributed by atoms with van der Waals surface area (Å²) < 4.78 is 2.68. The van der Waals surface area contributed by atoms with Crippen molar-refractivity contribution in [3.05, 3.63) is 170 Å². The van der Waals surface area contributed by atoms with Crippen molar-refractivity contribution in [3.8, 4) is 33.4 Å². The molecule has 0 atom stereocenters. The van der Waals surface area contributed by atoms with Gasteiger partial charge in [-0.3, -0.25) is 0 Å². The zero-order chi connectivity index (χ0) is 30.9. The topological polar surface area (TPSA) is 0 Å². The predicted molar refractivity (Wildman–Crippen MR) is 206 cm³/mol. The van der Waals surface area contributed by atoms with Crippen LogP contribution in [0.2, 0.25) is 0 Å². The fraction of sp³-hybridized carbons (Fsp3) is 0. The zero-order valence-corrected chi connectivity index (χ0v) is 26.4. The molecular weight excluding hydrogens is 585 g/mol. The summed E-state index contributed by atoms with van der Waals surface area (Å²) in [5.41, 5.74) is 7.68. The molecule has 0 nitrogen and oxygen atoms in total. The molecule has 0 unspecified atom stereocenters. The fourth-order valence-corrected chi connectivity index (χ4v) is 9.10. The Kier molecular flexibility index (Phi) is 5.85. The molecule has 10 rings (SSSR count). The van der Waals surface area contributed by atoms with Crippen molar-refractivity contribution in [1.82, 2.24) is 0 Å². The van der Waals surface area contributed by atoms with Gasteiger partial charge in [-0.15, -0.1) is 11.3 Å². The molecule has 0 aliphatic rings. The number of fused-ring (bicyclic) bond motifs is 8. The Balaban J connectivity index is 1.31. The molecule has 47 heavy (non-hydrogen) atoms. The molecule has 0 saturated carbocycles. The van der Waals surface area contributed by atoms with Crippen molar-refractivity contribution in [1.29, 1.82) is 0 Å². The number of rotatable bonds is 3. The predicted octanol–water partition coefficient (Wildman–Crippen LogP) is 13.7. The van der Waals surface area contributed by atoms with Crippen LogP contribution in [0.25, 0.3) is 96.6 Å². The van der Waals surface area contributed by atoms with Gasteiger partial charge in [0, 0.05) is 25.7 Å². The van der Waals surface area contributed by atoms with Crippen LogP contribution in [-0.4, -0.2) is 0 Å². The second kappa shape index (κ2) is 10.4. The molecule has 0 bridgehead atoms. The van der Waals surface area contributed by atoms with E-state index in [0.717, 1.165) is 0 Å². The first-order valence-corrected chi connectivity index (χ1v) is 17.0. The van der Waals surface area contributed by atoms with Crippen molar-refractivity contribution in [3.63, 3.8) is 0 Å². The molecule has 0 N–H and O–H groups in total. The third kappa shape index (κ3) is 3.94. The van der Waals surface area contributed by atoms with Gasteiger partial charge < -0.3 is 0 Å². The number of hydrogen-bond donors (Lipinski definition) is 0. The first kappa shape index (κ1) is 26.5. The third-order valence-electron chi connectivity index (χ3n) is 9.87. The lowest BCUT2D eigenvalue weighted by atomic mass is 9.83. The number of benzene rings is 9. The highest BCUT2D eigenvalue weighted by Crippen LogP contribution is 2.49. The Morgan fingerprint density at radius 3 is 1.49 bits per heavy atom. The highest BCUT2D eigenvalue weighted by atomic mass is 32.1. The van der Waals surface area contributed by atoms with Crippen LogP contribution >= 0.6 is 11.3 Å². The van der Waals surface area contributed by atoms with Crippen molar-refractivity contribution in [2.24, 2.45) is 0 Å². The van der Waals surface area contributed by atoms with E-state index >= 15 is 0 Å². The summed E-state index contributed by atoms with van der Waals surface area (Å²) in [4.78, 5) is 0. The van der Waals surface area contributed by atoms with Crippen LogP contribution in [0.1, 0.15) is 0 Å². The number of thiophene rings is 1. The van der Waals surface area contributed by atoms with E-state index < -0.39 is 0 Å². The molecule has 10 aromatic rings. The molecule has 0 amide bonds. The van der Waals surface area contributed by atoms with Gasteiger partial charge in [0.05, 0.1) is 0 Å². The average Bonchev–Trinajstić information content (AvgIpc) is 3.54. The molecule has 0 radical (unpaired) electrons. The summed E-state index contributed by atoms with van der Waals surface area (Å²) >= 11 is 1.92. The van der Waals surface area contributed by atoms with Crippen molar-refractivity contribution >= 4 is 74.6 Å². The highest BCUT2D eigenvalue weighted by Gasteiger charge is 2.21. The van der Waals surface area contributed by atoms with E-state index in [4.69, 9.17) is 0 Å². The first-order valence-electron chi connectivity index (χ1n) is 16.2. The summed E-state index contributed by atoms with van der Waals surface area (Å²) in [7, 11) is 0. The minimum atomic E-state index is 1.24. The van der Waals surface area contributed by atoms with Crippen LogP contribution in [-0.2, 0) is 0 Å². The maximum Gasteiger partial charge on any atom is 0.0434 e. The molecule has 1 heterocycles. The van der Waals surface area contributed by atoms with Crippen LogP contribution in [0.5, 0.6) is 0 Å². The molecule has 0 aliphatic heterocycles. The van der Waals surface area contributed by atoms with Gasteiger partial charge in [0.2, 0.25) is 0 Å². The monoisotopic (exact) mass is 612 g/mol. The van der Waals surface area contributed by atoms with E-state index in [1.165, 1.54) is 96.6 Å². The molecule has 9 aromatic carbocycles. The van der Waals surface area contributed by atoms with E-state index in [0.29, 0.717) is 0 Å². The minimum Gasteiger partial charge on any atom is -0.135 e. The Morgan fingerprint density at radius 1 is 0.298 bits per heavy atom. The smallest absolute Gasteiger partial charge is 0.0434 e. The first-order chi connectivity index (χ1) is 23.3. The Labute approximate surface area is 276 Å². The van der Waals surface area contributed by atoms with Gasteiger partial charge in [-0.2, -0.15) is 0 Å². The molecule has 218 valence electrons. The van der Waals surface area contributed by atoms with E-state index in [9.17, 15) is 0 Å². The highest BCUT2D eigenvalue weighted by molar-refractivity contribution is 7.26. The second-order valence-corrected chi connectivity index (χ2v) is 13.4. The summed E-state index contributed by atoms with van der Waals surface area (Å²) in [6, 6.07) is 62.6. The zero-order valence-electron chi connectivity index (χ0n) is 25.6. The van der Waals surface area contributed by atoms with Gasteiger partial charge in [0.15, 0.2) is 0 Å². The van der Waals surface area contributed by atoms with E-state index in [-0.39, 0.29) is 0 Å². The van der Waals surface area contributed by atoms with Crippen LogP contribution in [0, 0.1) is 0 Å². The van der Waals surface area contributed by atoms with Crippen LogP contribution in [0.3, 0.4) is 0 Å². The van der Waals surface area contributed by atoms with Gasteiger partial charge in [-0.1, -0.05) is 164 Å². The average molecular weight is 613 g/mol. The van der Waals surface area contributed by atoms with Gasteiger partial charge in [-0.25, -0.2) is 0 Å². The van der Waals surface area contributed by atoms with Gasteiger partial charge in [0.25, 0.3) is 0 Å². The van der Waals surface area contributed by atoms with Gasteiger partial charge in [-0.05, 0) is 77.0 Å². The van der Waals surface area contributed by atoms with Crippen LogP contribution in [0.4, 0.5) is 0 Å². The minimum absolute atomic E-state index is 1.24. The second-order valence-electron chi connectivity index (χ2n) is 12.4. The van der Waals surface area contributed by atoms with Crippen molar-refractivity contribution < 1.29 is 0 Å². The molecule has 1 aromatic heterocycles. The molecule has 0 aliphatic carbocycles. The van der Waals surface area contributed by atoms with E-state index in [2.05, 4.69) is 170 Å². The molecular formula is C46H28S. The summed E-state index contributed by atoms with van der Waals surface area (Å²) in [6.45, 7) is 0. The third-order valence-corrected chi connectivity index (χ3v) is 11.1. The molecule has 0 spiro atoms. The number of hydrogen-bond acceptors (Lipinski definition) is 1. The lowest BCUT2D eigenvalue weighted by Gasteiger charge is -2.20. The van der Waals surface area contributed by atoms with Crippen molar-refractivity contribution in [2.75, 3.05) is 0 Å². The van der Waals surface area contributed by atoms with Gasteiger partial charge >= 0.3 is 0 Å². The maximum absolute atomic E-state index is 2.34. The summed E-state index contributed by atoms with van der Waals surface area (Å²) in [6.07, 6.45) is 0. The van der Waals surface area contributed by atoms with Crippen LogP contribution in [0.15, 0.2) is 170 Å². The lowest BCUT2D eigenvalue weighted by Crippen LogP contribution is -1.92. The normalized spacial score (nSPS) is 11.8. The largest absolute Gasteiger partial charge is 0.135 e. The quantitative estimate of drug-likeness (QED) is 0.174. The lowest BCUT2D eigenvalue weighted by molar-refractivity contribution is 1.64. The Morgan fingerprint density at radius 2 is 0.809 bits per heavy atom. The fourth-order valence-electron chi connectivity index (χ4n) is 7.86. The Bertz CT molecular complexity index is 2780. The SMILES string of the molecule is c1ccc(-c2ccc(-c3c4ccccc4c(-c4cccc5c4sc4ccc6ccccc6c45)c4ccccc34)c3ccccc23)cc1. The van der Waals surface area contributed by atoms with E-state index in [1.807, 2.05) is 11.3 Å². The Hall–Kier alpha value is -5.76.